The first-order chi connectivity index (χ1) is 20.4. The second kappa shape index (κ2) is 21.9. The molecule has 3 N–H and O–H groups in total. The molecule has 0 saturated carbocycles. The molecule has 0 spiro atoms. The molecule has 1 rings (SSSR count). The van der Waals surface area contributed by atoms with Crippen LogP contribution < -0.4 is 11.2 Å². The number of carbonyl (C=O) groups excluding carboxylic acids is 2. The van der Waals surface area contributed by atoms with Crippen LogP contribution in [0, 0.1) is 23.2 Å². The Morgan fingerprint density at radius 1 is 1.23 bits per heavy atom. The standard InChI is InChI=1S/C26H41N9O2.C6H14/c1-7-21(19(3)4)12-13-24-32-23(14-15-29-18-28-6)26(37)35(24)20(5)10-9-11-22(8-2)25(36)30-16-17-31-34-33-27;1-5-6(2,3)4/h8-10,14-15,17-22,24H,2,6-7,11-13,16H2,1,3-5H3,(H2,27,34)(H,30,36);5H2,1-4H3/b10-9+,15-14+,29-18?,31-17+;. The van der Waals surface area contributed by atoms with E-state index in [1.807, 2.05) is 19.1 Å². The highest BCUT2D eigenvalue weighted by Crippen LogP contribution is 2.27. The van der Waals surface area contributed by atoms with Gasteiger partial charge in [0.25, 0.3) is 5.91 Å². The summed E-state index contributed by atoms with van der Waals surface area (Å²) in [7, 11) is 0. The number of carbonyl (C=O) groups is 2. The average Bonchev–Trinajstić information content (AvgIpc) is 3.27. The summed E-state index contributed by atoms with van der Waals surface area (Å²) in [5, 5.41) is 12.5. The van der Waals surface area contributed by atoms with Gasteiger partial charge in [-0.15, -0.1) is 11.7 Å². The van der Waals surface area contributed by atoms with Crippen LogP contribution in [0.1, 0.15) is 87.5 Å². The zero-order valence-corrected chi connectivity index (χ0v) is 27.6. The van der Waals surface area contributed by atoms with E-state index in [1.54, 1.807) is 17.1 Å². The van der Waals surface area contributed by atoms with Crippen molar-refractivity contribution in [3.63, 3.8) is 0 Å². The van der Waals surface area contributed by atoms with Crippen molar-refractivity contribution in [3.05, 3.63) is 37.1 Å². The molecule has 240 valence electrons. The Hall–Kier alpha value is -3.76. The van der Waals surface area contributed by atoms with Crippen LogP contribution >= 0.6 is 0 Å². The largest absolute Gasteiger partial charge is 0.350 e. The fraction of sp³-hybridized carbons (Fsp3) is 0.625. The highest BCUT2D eigenvalue weighted by atomic mass is 16.2. The number of amides is 2. The van der Waals surface area contributed by atoms with Crippen LogP contribution in [-0.4, -0.2) is 60.4 Å². The maximum Gasteiger partial charge on any atom is 0.274 e. The lowest BCUT2D eigenvalue weighted by molar-refractivity contribution is -0.126. The molecule has 11 nitrogen and oxygen atoms in total. The summed E-state index contributed by atoms with van der Waals surface area (Å²) in [4.78, 5) is 39.6. The Morgan fingerprint density at radius 2 is 1.91 bits per heavy atom. The summed E-state index contributed by atoms with van der Waals surface area (Å²) < 4.78 is 0. The van der Waals surface area contributed by atoms with Gasteiger partial charge >= 0.3 is 0 Å². The van der Waals surface area contributed by atoms with Crippen LogP contribution in [0.2, 0.25) is 0 Å². The van der Waals surface area contributed by atoms with Crippen LogP contribution in [0.3, 0.4) is 0 Å². The van der Waals surface area contributed by atoms with Crippen molar-refractivity contribution in [2.45, 2.75) is 99.7 Å². The Balaban J connectivity index is 0.00000265. The quantitative estimate of drug-likeness (QED) is 0.0505. The number of nitrogens with zero attached hydrogens (tertiary/aromatic N) is 7. The van der Waals surface area contributed by atoms with Gasteiger partial charge in [0.15, 0.2) is 0 Å². The van der Waals surface area contributed by atoms with E-state index in [9.17, 15) is 9.59 Å². The van der Waals surface area contributed by atoms with Gasteiger partial charge in [0.2, 0.25) is 5.91 Å². The molecular weight excluding hydrogens is 542 g/mol. The Bertz CT molecular complexity index is 1040. The summed E-state index contributed by atoms with van der Waals surface area (Å²) in [6, 6.07) is -0.216. The Morgan fingerprint density at radius 3 is 2.44 bits per heavy atom. The first-order valence-electron chi connectivity index (χ1n) is 15.1. The van der Waals surface area contributed by atoms with Crippen molar-refractivity contribution in [3.8, 4) is 0 Å². The fourth-order valence-electron chi connectivity index (χ4n) is 4.10. The van der Waals surface area contributed by atoms with Gasteiger partial charge in [0, 0.05) is 18.5 Å². The number of rotatable bonds is 17. The number of nitrogens with one attached hydrogen (secondary N) is 1. The van der Waals surface area contributed by atoms with Crippen molar-refractivity contribution < 1.29 is 9.59 Å². The molecule has 43 heavy (non-hydrogen) atoms. The summed E-state index contributed by atoms with van der Waals surface area (Å²) in [6.45, 7) is 24.8. The lowest BCUT2D eigenvalue weighted by Gasteiger charge is -2.29. The molecule has 0 aromatic heterocycles. The topological polar surface area (TPSA) is 150 Å². The average molecular weight is 598 g/mol. The number of nitrogens with two attached hydrogens (primary N) is 1. The molecule has 0 fully saturated rings. The van der Waals surface area contributed by atoms with Crippen LogP contribution in [0.25, 0.3) is 0 Å². The molecule has 0 aromatic rings. The molecule has 4 unspecified atom stereocenters. The molecule has 0 bridgehead atoms. The third kappa shape index (κ3) is 16.5. The van der Waals surface area contributed by atoms with Gasteiger partial charge < -0.3 is 16.1 Å². The van der Waals surface area contributed by atoms with Crippen LogP contribution in [0.5, 0.6) is 0 Å². The van der Waals surface area contributed by atoms with Crippen molar-refractivity contribution in [1.82, 2.24) is 10.2 Å². The zero-order chi connectivity index (χ0) is 32.8. The molecule has 0 aromatic carbocycles. The number of hydrogen-bond donors (Lipinski definition) is 2. The molecule has 0 radical (unpaired) electrons. The summed E-state index contributed by atoms with van der Waals surface area (Å²) >= 11 is 0. The normalized spacial score (nSPS) is 18.1. The molecule has 0 aliphatic carbocycles. The van der Waals surface area contributed by atoms with E-state index >= 15 is 0 Å². The smallest absolute Gasteiger partial charge is 0.274 e. The van der Waals surface area contributed by atoms with Gasteiger partial charge in [-0.3, -0.25) is 19.6 Å². The summed E-state index contributed by atoms with van der Waals surface area (Å²) in [6.07, 6.45) is 15.5. The molecular formula is C32H55N9O2. The van der Waals surface area contributed by atoms with Crippen molar-refractivity contribution in [1.29, 1.82) is 0 Å². The van der Waals surface area contributed by atoms with Gasteiger partial charge in [-0.25, -0.2) is 4.99 Å². The van der Waals surface area contributed by atoms with Crippen LogP contribution in [0.15, 0.2) is 67.6 Å². The van der Waals surface area contributed by atoms with Gasteiger partial charge in [0.05, 0.1) is 12.5 Å². The second-order valence-electron chi connectivity index (χ2n) is 11.9. The van der Waals surface area contributed by atoms with Gasteiger partial charge in [-0.05, 0) is 61.5 Å². The minimum atomic E-state index is -0.430. The predicted molar refractivity (Wildman–Crippen MR) is 180 cm³/mol. The highest BCUT2D eigenvalue weighted by molar-refractivity contribution is 6.44. The minimum absolute atomic E-state index is 0.148. The summed E-state index contributed by atoms with van der Waals surface area (Å²) in [5.74, 6) is 5.22. The maximum absolute atomic E-state index is 13.2. The van der Waals surface area contributed by atoms with Gasteiger partial charge in [-0.2, -0.15) is 0 Å². The van der Waals surface area contributed by atoms with Gasteiger partial charge in [0.1, 0.15) is 18.2 Å². The van der Waals surface area contributed by atoms with Gasteiger partial charge in [-0.1, -0.05) is 84.8 Å². The number of hydrogen-bond acceptors (Lipinski definition) is 6. The van der Waals surface area contributed by atoms with Crippen molar-refractivity contribution >= 4 is 36.8 Å². The Labute approximate surface area is 259 Å². The van der Waals surface area contributed by atoms with E-state index in [0.717, 1.165) is 19.3 Å². The van der Waals surface area contributed by atoms with Crippen molar-refractivity contribution in [2.75, 3.05) is 6.54 Å². The third-order valence-corrected chi connectivity index (χ3v) is 7.27. The van der Waals surface area contributed by atoms with Crippen molar-refractivity contribution in [2.24, 2.45) is 59.5 Å². The lowest BCUT2D eigenvalue weighted by atomic mass is 9.88. The molecule has 4 atom stereocenters. The van der Waals surface area contributed by atoms with E-state index in [0.29, 0.717) is 29.4 Å². The van der Waals surface area contributed by atoms with E-state index in [4.69, 9.17) is 10.8 Å². The molecule has 1 aliphatic rings. The molecule has 1 heterocycles. The minimum Gasteiger partial charge on any atom is -0.350 e. The first-order valence-corrected chi connectivity index (χ1v) is 15.1. The number of aliphatic imine (C=N–C) groups is 3. The number of allylic oxidation sites excluding steroid dienone is 1. The molecule has 1 aliphatic heterocycles. The Kier molecular flexibility index (Phi) is 20.0. The van der Waals surface area contributed by atoms with Crippen LogP contribution in [0.4, 0.5) is 0 Å². The molecule has 2 amide bonds. The van der Waals surface area contributed by atoms with E-state index in [1.165, 1.54) is 25.2 Å². The van der Waals surface area contributed by atoms with Crippen LogP contribution in [-0.2, 0) is 9.59 Å². The van der Waals surface area contributed by atoms with E-state index in [-0.39, 0.29) is 30.6 Å². The third-order valence-electron chi connectivity index (χ3n) is 7.27. The monoisotopic (exact) mass is 597 g/mol. The second-order valence-corrected chi connectivity index (χ2v) is 11.9. The molecule has 0 saturated heterocycles. The maximum atomic E-state index is 13.2. The fourth-order valence-corrected chi connectivity index (χ4v) is 4.10. The van der Waals surface area contributed by atoms with E-state index < -0.39 is 5.92 Å². The van der Waals surface area contributed by atoms with E-state index in [2.05, 4.69) is 92.6 Å². The zero-order valence-electron chi connectivity index (χ0n) is 27.6. The predicted octanol–water partition coefficient (Wildman–Crippen LogP) is 6.31. The highest BCUT2D eigenvalue weighted by Gasteiger charge is 2.35. The SMILES string of the molecule is C=CC(C/C=C/C(C)N1C(=O)C(/C=C/N=CN=C)=NC1CCC(CC)C(C)C)C(=O)NC/C=N/N=N\N.CCC(C)(C)C. The lowest BCUT2D eigenvalue weighted by Crippen LogP contribution is -2.42. The summed E-state index contributed by atoms with van der Waals surface area (Å²) in [5.41, 5.74) is 0.906. The molecule has 11 heteroatoms. The first kappa shape index (κ1) is 39.2.